The van der Waals surface area contributed by atoms with Crippen LogP contribution >= 0.6 is 0 Å². The lowest BCUT2D eigenvalue weighted by molar-refractivity contribution is 0.262. The van der Waals surface area contributed by atoms with E-state index >= 15 is 0 Å². The van der Waals surface area contributed by atoms with E-state index in [1.165, 1.54) is 0 Å². The number of nitrogens with zero attached hydrogens (tertiary/aromatic N) is 4. The smallest absolute Gasteiger partial charge is 0.304 e. The number of hydrogen-bond acceptors (Lipinski definition) is 3. The molecule has 1 aromatic carbocycles. The Bertz CT molecular complexity index is 849. The van der Waals surface area contributed by atoms with Crippen LogP contribution in [0.2, 0.25) is 0 Å². The van der Waals surface area contributed by atoms with Crippen molar-refractivity contribution in [2.75, 3.05) is 10.6 Å². The van der Waals surface area contributed by atoms with E-state index in [2.05, 4.69) is 20.8 Å². The lowest BCUT2D eigenvalue weighted by atomic mass is 10.3. The van der Waals surface area contributed by atoms with Gasteiger partial charge in [-0.25, -0.2) is 9.48 Å². The van der Waals surface area contributed by atoms with Gasteiger partial charge in [-0.1, -0.05) is 18.2 Å². The fourth-order valence-electron chi connectivity index (χ4n) is 2.56. The van der Waals surface area contributed by atoms with Gasteiger partial charge in [0.05, 0.1) is 22.8 Å². The zero-order valence-corrected chi connectivity index (χ0v) is 13.9. The third-order valence-corrected chi connectivity index (χ3v) is 3.77. The summed E-state index contributed by atoms with van der Waals surface area (Å²) in [6.45, 7) is 6.58. The zero-order valence-electron chi connectivity index (χ0n) is 13.9. The number of rotatable bonds is 4. The van der Waals surface area contributed by atoms with Gasteiger partial charge in [0.2, 0.25) is 0 Å². The summed E-state index contributed by atoms with van der Waals surface area (Å²) < 4.78 is 3.57. The number of nitrogens with one attached hydrogen (secondary N) is 2. The maximum Gasteiger partial charge on any atom is 0.325 e. The summed E-state index contributed by atoms with van der Waals surface area (Å²) in [5.74, 6) is 0.481. The van der Waals surface area contributed by atoms with Crippen molar-refractivity contribution in [2.24, 2.45) is 0 Å². The SMILES string of the molecule is CCn1nc(C)c(NC(=O)Nc2ccn(-c3ccccc3)n2)c1C. The van der Waals surface area contributed by atoms with Crippen molar-refractivity contribution >= 4 is 17.5 Å². The largest absolute Gasteiger partial charge is 0.325 e. The molecule has 0 fully saturated rings. The fourth-order valence-corrected chi connectivity index (χ4v) is 2.56. The van der Waals surface area contributed by atoms with Crippen molar-refractivity contribution in [1.29, 1.82) is 0 Å². The van der Waals surface area contributed by atoms with Crippen molar-refractivity contribution in [1.82, 2.24) is 19.6 Å². The average Bonchev–Trinajstić information content (AvgIpc) is 3.15. The Morgan fingerprint density at radius 1 is 1.08 bits per heavy atom. The van der Waals surface area contributed by atoms with Crippen LogP contribution in [-0.2, 0) is 6.54 Å². The molecule has 124 valence electrons. The zero-order chi connectivity index (χ0) is 17.1. The van der Waals surface area contributed by atoms with Gasteiger partial charge in [-0.05, 0) is 32.9 Å². The van der Waals surface area contributed by atoms with Crippen molar-refractivity contribution in [2.45, 2.75) is 27.3 Å². The van der Waals surface area contributed by atoms with Crippen LogP contribution in [-0.4, -0.2) is 25.6 Å². The number of aromatic nitrogens is 4. The molecule has 0 aliphatic heterocycles. The van der Waals surface area contributed by atoms with Gasteiger partial charge >= 0.3 is 6.03 Å². The van der Waals surface area contributed by atoms with Crippen LogP contribution in [0.5, 0.6) is 0 Å². The predicted octanol–water partition coefficient (Wildman–Crippen LogP) is 3.35. The second-order valence-corrected chi connectivity index (χ2v) is 5.42. The van der Waals surface area contributed by atoms with E-state index in [9.17, 15) is 4.79 Å². The van der Waals surface area contributed by atoms with Crippen LogP contribution < -0.4 is 10.6 Å². The van der Waals surface area contributed by atoms with Crippen LogP contribution in [0.4, 0.5) is 16.3 Å². The number of aryl methyl sites for hydroxylation is 2. The van der Waals surface area contributed by atoms with E-state index in [1.54, 1.807) is 16.9 Å². The van der Waals surface area contributed by atoms with E-state index in [0.29, 0.717) is 5.82 Å². The van der Waals surface area contributed by atoms with Crippen LogP contribution in [0.1, 0.15) is 18.3 Å². The maximum absolute atomic E-state index is 12.2. The van der Waals surface area contributed by atoms with Crippen LogP contribution in [0.3, 0.4) is 0 Å². The van der Waals surface area contributed by atoms with E-state index in [-0.39, 0.29) is 6.03 Å². The highest BCUT2D eigenvalue weighted by Crippen LogP contribution is 2.19. The van der Waals surface area contributed by atoms with Gasteiger partial charge in [0.1, 0.15) is 0 Å². The molecule has 0 bridgehead atoms. The molecule has 0 saturated carbocycles. The minimum atomic E-state index is -0.338. The van der Waals surface area contributed by atoms with E-state index in [1.807, 2.05) is 55.8 Å². The standard InChI is InChI=1S/C17H20N6O/c1-4-22-13(3)16(12(2)20-22)19-17(24)18-15-10-11-23(21-15)14-8-6-5-7-9-14/h5-11H,4H2,1-3H3,(H2,18,19,21,24). The molecule has 7 nitrogen and oxygen atoms in total. The molecule has 2 amide bonds. The second-order valence-electron chi connectivity index (χ2n) is 5.42. The second kappa shape index (κ2) is 6.57. The molecular weight excluding hydrogens is 304 g/mol. The molecule has 0 unspecified atom stereocenters. The van der Waals surface area contributed by atoms with Gasteiger partial charge < -0.3 is 5.32 Å². The minimum absolute atomic E-state index is 0.338. The molecule has 0 saturated heterocycles. The first kappa shape index (κ1) is 15.8. The summed E-state index contributed by atoms with van der Waals surface area (Å²) in [6, 6.07) is 11.1. The first-order valence-electron chi connectivity index (χ1n) is 7.81. The maximum atomic E-state index is 12.2. The number of carbonyl (C=O) groups excluding carboxylic acids is 1. The van der Waals surface area contributed by atoms with Crippen molar-refractivity contribution in [3.05, 3.63) is 54.0 Å². The van der Waals surface area contributed by atoms with Gasteiger partial charge in [-0.3, -0.25) is 10.00 Å². The summed E-state index contributed by atoms with van der Waals surface area (Å²) in [4.78, 5) is 12.2. The Labute approximate surface area is 140 Å². The first-order valence-corrected chi connectivity index (χ1v) is 7.81. The Morgan fingerprint density at radius 2 is 1.83 bits per heavy atom. The molecule has 2 N–H and O–H groups in total. The Balaban J connectivity index is 1.70. The van der Waals surface area contributed by atoms with Crippen molar-refractivity contribution in [3.63, 3.8) is 0 Å². The molecule has 24 heavy (non-hydrogen) atoms. The summed E-state index contributed by atoms with van der Waals surface area (Å²) in [5.41, 5.74) is 3.39. The molecule has 0 aliphatic carbocycles. The summed E-state index contributed by atoms with van der Waals surface area (Å²) in [5, 5.41) is 14.3. The van der Waals surface area contributed by atoms with Crippen LogP contribution in [0, 0.1) is 13.8 Å². The van der Waals surface area contributed by atoms with Gasteiger partial charge in [0.15, 0.2) is 5.82 Å². The monoisotopic (exact) mass is 324 g/mol. The number of hydrogen-bond donors (Lipinski definition) is 2. The van der Waals surface area contributed by atoms with Crippen LogP contribution in [0.15, 0.2) is 42.6 Å². The summed E-state index contributed by atoms with van der Waals surface area (Å²) in [7, 11) is 0. The van der Waals surface area contributed by atoms with E-state index in [0.717, 1.165) is 29.3 Å². The highest BCUT2D eigenvalue weighted by atomic mass is 16.2. The number of urea groups is 1. The molecule has 0 atom stereocenters. The number of amides is 2. The fraction of sp³-hybridized carbons (Fsp3) is 0.235. The molecule has 0 aliphatic rings. The molecule has 0 radical (unpaired) electrons. The highest BCUT2D eigenvalue weighted by Gasteiger charge is 2.14. The lowest BCUT2D eigenvalue weighted by Crippen LogP contribution is -2.20. The molecule has 7 heteroatoms. The molecule has 2 heterocycles. The Hall–Kier alpha value is -3.09. The lowest BCUT2D eigenvalue weighted by Gasteiger charge is -2.06. The number of carbonyl (C=O) groups is 1. The number of anilines is 2. The minimum Gasteiger partial charge on any atom is -0.304 e. The highest BCUT2D eigenvalue weighted by molar-refractivity contribution is 5.99. The van der Waals surface area contributed by atoms with Crippen molar-refractivity contribution < 1.29 is 4.79 Å². The summed E-state index contributed by atoms with van der Waals surface area (Å²) >= 11 is 0. The molecular formula is C17H20N6O. The number of benzene rings is 1. The van der Waals surface area contributed by atoms with Crippen LogP contribution in [0.25, 0.3) is 5.69 Å². The number of para-hydroxylation sites is 1. The normalized spacial score (nSPS) is 10.6. The topological polar surface area (TPSA) is 76.8 Å². The predicted molar refractivity (Wildman–Crippen MR) is 93.6 cm³/mol. The molecule has 3 aromatic rings. The Kier molecular flexibility index (Phi) is 4.33. The Morgan fingerprint density at radius 3 is 2.50 bits per heavy atom. The van der Waals surface area contributed by atoms with Crippen molar-refractivity contribution in [3.8, 4) is 5.69 Å². The van der Waals surface area contributed by atoms with Gasteiger partial charge in [-0.15, -0.1) is 5.10 Å². The molecule has 2 aromatic heterocycles. The molecule has 0 spiro atoms. The first-order chi connectivity index (χ1) is 11.6. The average molecular weight is 324 g/mol. The van der Waals surface area contributed by atoms with E-state index < -0.39 is 0 Å². The molecule has 3 rings (SSSR count). The van der Waals surface area contributed by atoms with E-state index in [4.69, 9.17) is 0 Å². The summed E-state index contributed by atoms with van der Waals surface area (Å²) in [6.07, 6.45) is 1.80. The third-order valence-electron chi connectivity index (χ3n) is 3.77. The van der Waals surface area contributed by atoms with Gasteiger partial charge in [-0.2, -0.15) is 5.10 Å². The van der Waals surface area contributed by atoms with Gasteiger partial charge in [0, 0.05) is 18.8 Å². The quantitative estimate of drug-likeness (QED) is 0.772. The van der Waals surface area contributed by atoms with Gasteiger partial charge in [0.25, 0.3) is 0 Å². The third kappa shape index (κ3) is 3.15.